The maximum Gasteiger partial charge on any atom is 0.328 e. The number of aliphatic hydroxyl groups excluding tert-OH is 1. The number of imidazole rings is 1. The van der Waals surface area contributed by atoms with E-state index in [1.807, 2.05) is 26.2 Å². The van der Waals surface area contributed by atoms with E-state index >= 15 is 0 Å². The molecular formula is C13H22N2O2. The van der Waals surface area contributed by atoms with Crippen molar-refractivity contribution in [2.45, 2.75) is 58.2 Å². The predicted octanol–water partition coefficient (Wildman–Crippen LogP) is 1.78. The Kier molecular flexibility index (Phi) is 3.72. The Labute approximate surface area is 102 Å². The molecule has 1 saturated carbocycles. The highest BCUT2D eigenvalue weighted by atomic mass is 16.3. The number of nitrogens with zero attached hydrogens (tertiary/aromatic N) is 2. The quantitative estimate of drug-likeness (QED) is 0.869. The van der Waals surface area contributed by atoms with Gasteiger partial charge in [-0.3, -0.25) is 9.13 Å². The van der Waals surface area contributed by atoms with Crippen molar-refractivity contribution in [3.05, 3.63) is 22.9 Å². The Morgan fingerprint density at radius 3 is 2.71 bits per heavy atom. The number of aromatic nitrogens is 2. The summed E-state index contributed by atoms with van der Waals surface area (Å²) in [6.07, 6.45) is 7.59. The second-order valence-corrected chi connectivity index (χ2v) is 5.32. The van der Waals surface area contributed by atoms with Crippen molar-refractivity contribution < 1.29 is 5.11 Å². The second-order valence-electron chi connectivity index (χ2n) is 5.32. The van der Waals surface area contributed by atoms with E-state index in [9.17, 15) is 9.90 Å². The normalized spacial score (nSPS) is 24.7. The van der Waals surface area contributed by atoms with Crippen LogP contribution in [-0.4, -0.2) is 20.3 Å². The van der Waals surface area contributed by atoms with Gasteiger partial charge in [0.25, 0.3) is 0 Å². The lowest BCUT2D eigenvalue weighted by atomic mass is 10.0. The summed E-state index contributed by atoms with van der Waals surface area (Å²) < 4.78 is 3.50. The van der Waals surface area contributed by atoms with E-state index in [2.05, 4.69) is 0 Å². The monoisotopic (exact) mass is 238 g/mol. The molecule has 0 radical (unpaired) electrons. The Morgan fingerprint density at radius 1 is 1.41 bits per heavy atom. The molecule has 2 unspecified atom stereocenters. The highest BCUT2D eigenvalue weighted by Crippen LogP contribution is 2.28. The highest BCUT2D eigenvalue weighted by Gasteiger charge is 2.24. The van der Waals surface area contributed by atoms with Gasteiger partial charge in [0.15, 0.2) is 0 Å². The third kappa shape index (κ3) is 2.63. The molecule has 1 fully saturated rings. The minimum Gasteiger partial charge on any atom is -0.393 e. The van der Waals surface area contributed by atoms with Gasteiger partial charge in [-0.05, 0) is 39.0 Å². The topological polar surface area (TPSA) is 47.2 Å². The first-order valence-corrected chi connectivity index (χ1v) is 6.55. The first-order chi connectivity index (χ1) is 8.09. The zero-order valence-electron chi connectivity index (χ0n) is 10.7. The maximum absolute atomic E-state index is 12.0. The fourth-order valence-electron chi connectivity index (χ4n) is 2.65. The average molecular weight is 238 g/mol. The zero-order chi connectivity index (χ0) is 12.4. The van der Waals surface area contributed by atoms with Crippen LogP contribution in [0.1, 0.15) is 45.6 Å². The van der Waals surface area contributed by atoms with Crippen LogP contribution in [-0.2, 0) is 6.54 Å². The van der Waals surface area contributed by atoms with Crippen LogP contribution in [0.25, 0.3) is 0 Å². The van der Waals surface area contributed by atoms with Crippen LogP contribution < -0.4 is 5.69 Å². The smallest absolute Gasteiger partial charge is 0.328 e. The Balaban J connectivity index is 1.97. The average Bonchev–Trinajstić information content (AvgIpc) is 2.82. The molecule has 0 aliphatic heterocycles. The SMILES string of the molecule is CC(C)n1ccn(CCC2CCCC2O)c1=O. The Morgan fingerprint density at radius 2 is 2.18 bits per heavy atom. The lowest BCUT2D eigenvalue weighted by Crippen LogP contribution is -2.26. The molecule has 1 heterocycles. The van der Waals surface area contributed by atoms with Gasteiger partial charge in [-0.1, -0.05) is 6.42 Å². The fraction of sp³-hybridized carbons (Fsp3) is 0.769. The van der Waals surface area contributed by atoms with Crippen LogP contribution in [0.4, 0.5) is 0 Å². The lowest BCUT2D eigenvalue weighted by Gasteiger charge is -2.13. The summed E-state index contributed by atoms with van der Waals surface area (Å²) in [5.74, 6) is 0.379. The molecule has 1 aromatic rings. The van der Waals surface area contributed by atoms with Gasteiger partial charge in [0, 0.05) is 25.0 Å². The van der Waals surface area contributed by atoms with E-state index in [0.29, 0.717) is 5.92 Å². The largest absolute Gasteiger partial charge is 0.393 e. The van der Waals surface area contributed by atoms with Gasteiger partial charge in [0.1, 0.15) is 0 Å². The third-order valence-corrected chi connectivity index (χ3v) is 3.79. The molecule has 2 atom stereocenters. The molecule has 96 valence electrons. The lowest BCUT2D eigenvalue weighted by molar-refractivity contribution is 0.125. The number of aryl methyl sites for hydroxylation is 1. The fourth-order valence-corrected chi connectivity index (χ4v) is 2.65. The van der Waals surface area contributed by atoms with Crippen molar-refractivity contribution in [2.75, 3.05) is 0 Å². The first-order valence-electron chi connectivity index (χ1n) is 6.55. The van der Waals surface area contributed by atoms with Crippen molar-refractivity contribution in [1.29, 1.82) is 0 Å². The molecule has 1 aliphatic carbocycles. The standard InChI is InChI=1S/C13H22N2O2/c1-10(2)15-9-8-14(13(15)17)7-6-11-4-3-5-12(11)16/h8-12,16H,3-7H2,1-2H3. The van der Waals surface area contributed by atoms with Crippen molar-refractivity contribution >= 4 is 0 Å². The van der Waals surface area contributed by atoms with E-state index in [1.54, 1.807) is 9.13 Å². The minimum absolute atomic E-state index is 0.0625. The minimum atomic E-state index is -0.155. The van der Waals surface area contributed by atoms with Gasteiger partial charge in [-0.2, -0.15) is 0 Å². The number of aliphatic hydroxyl groups is 1. The van der Waals surface area contributed by atoms with E-state index in [-0.39, 0.29) is 17.8 Å². The third-order valence-electron chi connectivity index (χ3n) is 3.79. The summed E-state index contributed by atoms with van der Waals surface area (Å²) in [6, 6.07) is 0.209. The van der Waals surface area contributed by atoms with Gasteiger partial charge < -0.3 is 5.11 Å². The van der Waals surface area contributed by atoms with Crippen LogP contribution in [0.2, 0.25) is 0 Å². The number of rotatable bonds is 4. The van der Waals surface area contributed by atoms with Gasteiger partial charge >= 0.3 is 5.69 Å². The molecule has 0 saturated heterocycles. The Bertz CT molecular complexity index is 419. The van der Waals surface area contributed by atoms with E-state index < -0.39 is 0 Å². The van der Waals surface area contributed by atoms with Crippen molar-refractivity contribution in [1.82, 2.24) is 9.13 Å². The van der Waals surface area contributed by atoms with E-state index in [0.717, 1.165) is 32.2 Å². The number of hydrogen-bond acceptors (Lipinski definition) is 2. The van der Waals surface area contributed by atoms with E-state index in [4.69, 9.17) is 0 Å². The molecule has 0 bridgehead atoms. The second kappa shape index (κ2) is 5.08. The summed E-state index contributed by atoms with van der Waals surface area (Å²) in [5.41, 5.74) is 0.0625. The molecule has 4 nitrogen and oxygen atoms in total. The number of hydrogen-bond donors (Lipinski definition) is 1. The molecule has 1 N–H and O–H groups in total. The van der Waals surface area contributed by atoms with E-state index in [1.165, 1.54) is 0 Å². The maximum atomic E-state index is 12.0. The first kappa shape index (κ1) is 12.4. The Hall–Kier alpha value is -1.03. The van der Waals surface area contributed by atoms with Crippen LogP contribution >= 0.6 is 0 Å². The predicted molar refractivity (Wildman–Crippen MR) is 67.0 cm³/mol. The van der Waals surface area contributed by atoms with Gasteiger partial charge in [0.05, 0.1) is 6.10 Å². The summed E-state index contributed by atoms with van der Waals surface area (Å²) in [4.78, 5) is 12.0. The van der Waals surface area contributed by atoms with Crippen molar-refractivity contribution in [2.24, 2.45) is 5.92 Å². The zero-order valence-corrected chi connectivity index (χ0v) is 10.7. The van der Waals surface area contributed by atoms with Crippen LogP contribution in [0, 0.1) is 5.92 Å². The summed E-state index contributed by atoms with van der Waals surface area (Å²) in [5, 5.41) is 9.74. The summed E-state index contributed by atoms with van der Waals surface area (Å²) in [7, 11) is 0. The molecule has 2 rings (SSSR count). The van der Waals surface area contributed by atoms with Gasteiger partial charge in [-0.15, -0.1) is 0 Å². The molecule has 1 aromatic heterocycles. The van der Waals surface area contributed by atoms with Crippen LogP contribution in [0.5, 0.6) is 0 Å². The molecule has 0 aromatic carbocycles. The molecule has 17 heavy (non-hydrogen) atoms. The molecule has 1 aliphatic rings. The summed E-state index contributed by atoms with van der Waals surface area (Å²) in [6.45, 7) is 4.74. The molecule has 4 heteroatoms. The van der Waals surface area contributed by atoms with Crippen LogP contribution in [0.15, 0.2) is 17.2 Å². The summed E-state index contributed by atoms with van der Waals surface area (Å²) >= 11 is 0. The van der Waals surface area contributed by atoms with Gasteiger partial charge in [-0.25, -0.2) is 4.79 Å². The van der Waals surface area contributed by atoms with Crippen LogP contribution in [0.3, 0.4) is 0 Å². The highest BCUT2D eigenvalue weighted by molar-refractivity contribution is 4.85. The molecular weight excluding hydrogens is 216 g/mol. The van der Waals surface area contributed by atoms with Crippen molar-refractivity contribution in [3.63, 3.8) is 0 Å². The van der Waals surface area contributed by atoms with Crippen molar-refractivity contribution in [3.8, 4) is 0 Å². The molecule has 0 spiro atoms. The van der Waals surface area contributed by atoms with Gasteiger partial charge in [0.2, 0.25) is 0 Å². The molecule has 0 amide bonds.